The maximum Gasteiger partial charge on any atom is 0.246 e. The van der Waals surface area contributed by atoms with Crippen molar-refractivity contribution in [2.45, 2.75) is 6.42 Å². The first-order chi connectivity index (χ1) is 8.69. The summed E-state index contributed by atoms with van der Waals surface area (Å²) in [6, 6.07) is 7.40. The summed E-state index contributed by atoms with van der Waals surface area (Å²) in [5.41, 5.74) is 6.58. The SMILES string of the molecule is NC[C@H]1CCN(C(=O)/C=C/c2ccc(Cl)cc2)C1. The van der Waals surface area contributed by atoms with Crippen LogP contribution in [-0.2, 0) is 4.79 Å². The van der Waals surface area contributed by atoms with Crippen molar-refractivity contribution in [1.29, 1.82) is 0 Å². The normalized spacial score (nSPS) is 19.7. The largest absolute Gasteiger partial charge is 0.339 e. The van der Waals surface area contributed by atoms with Gasteiger partial charge in [-0.25, -0.2) is 0 Å². The summed E-state index contributed by atoms with van der Waals surface area (Å²) in [6.45, 7) is 2.25. The van der Waals surface area contributed by atoms with E-state index in [1.54, 1.807) is 6.08 Å². The highest BCUT2D eigenvalue weighted by Gasteiger charge is 2.23. The monoisotopic (exact) mass is 264 g/mol. The third-order valence-corrected chi connectivity index (χ3v) is 3.47. The lowest BCUT2D eigenvalue weighted by Gasteiger charge is -2.13. The summed E-state index contributed by atoms with van der Waals surface area (Å²) < 4.78 is 0. The molecule has 1 aliphatic rings. The van der Waals surface area contributed by atoms with Gasteiger partial charge < -0.3 is 10.6 Å². The summed E-state index contributed by atoms with van der Waals surface area (Å²) in [5, 5.41) is 0.698. The lowest BCUT2D eigenvalue weighted by atomic mass is 10.1. The number of carbonyl (C=O) groups is 1. The molecule has 0 radical (unpaired) electrons. The molecule has 2 rings (SSSR count). The Hall–Kier alpha value is -1.32. The molecule has 18 heavy (non-hydrogen) atoms. The average molecular weight is 265 g/mol. The molecule has 3 nitrogen and oxygen atoms in total. The average Bonchev–Trinajstić information content (AvgIpc) is 2.86. The molecule has 1 aromatic carbocycles. The Bertz CT molecular complexity index is 442. The first-order valence-corrected chi connectivity index (χ1v) is 6.49. The summed E-state index contributed by atoms with van der Waals surface area (Å²) in [7, 11) is 0. The number of rotatable bonds is 3. The molecule has 1 amide bonds. The van der Waals surface area contributed by atoms with Gasteiger partial charge in [0.25, 0.3) is 0 Å². The number of halogens is 1. The van der Waals surface area contributed by atoms with E-state index in [4.69, 9.17) is 17.3 Å². The quantitative estimate of drug-likeness (QED) is 0.851. The minimum absolute atomic E-state index is 0.0564. The van der Waals surface area contributed by atoms with Gasteiger partial charge in [-0.3, -0.25) is 4.79 Å². The summed E-state index contributed by atoms with van der Waals surface area (Å²) in [6.07, 6.45) is 4.44. The second-order valence-electron chi connectivity index (χ2n) is 4.56. The van der Waals surface area contributed by atoms with Crippen molar-refractivity contribution >= 4 is 23.6 Å². The molecular weight excluding hydrogens is 248 g/mol. The number of hydrogen-bond donors (Lipinski definition) is 1. The second kappa shape index (κ2) is 6.03. The van der Waals surface area contributed by atoms with Crippen molar-refractivity contribution in [2.75, 3.05) is 19.6 Å². The highest BCUT2D eigenvalue weighted by Crippen LogP contribution is 2.16. The topological polar surface area (TPSA) is 46.3 Å². The fourth-order valence-electron chi connectivity index (χ4n) is 2.07. The number of hydrogen-bond acceptors (Lipinski definition) is 2. The molecule has 1 aromatic rings. The predicted octanol–water partition coefficient (Wildman–Crippen LogP) is 2.16. The van der Waals surface area contributed by atoms with E-state index in [1.165, 1.54) is 0 Å². The van der Waals surface area contributed by atoms with Gasteiger partial charge in [0.2, 0.25) is 5.91 Å². The van der Waals surface area contributed by atoms with Crippen LogP contribution in [0, 0.1) is 5.92 Å². The fraction of sp³-hybridized carbons (Fsp3) is 0.357. The van der Waals surface area contributed by atoms with Crippen LogP contribution < -0.4 is 5.73 Å². The van der Waals surface area contributed by atoms with Gasteiger partial charge in [-0.15, -0.1) is 0 Å². The molecular formula is C14H17ClN2O. The summed E-state index contributed by atoms with van der Waals surface area (Å²) in [4.78, 5) is 13.8. The highest BCUT2D eigenvalue weighted by molar-refractivity contribution is 6.30. The molecule has 1 saturated heterocycles. The van der Waals surface area contributed by atoms with Gasteiger partial charge in [-0.1, -0.05) is 23.7 Å². The molecule has 4 heteroatoms. The number of nitrogens with two attached hydrogens (primary N) is 1. The standard InChI is InChI=1S/C14H17ClN2O/c15-13-4-1-11(2-5-13)3-6-14(18)17-8-7-12(9-16)10-17/h1-6,12H,7-10,16H2/b6-3+/t12-/m1/s1. The molecule has 0 bridgehead atoms. The molecule has 0 spiro atoms. The molecule has 1 heterocycles. The Balaban J connectivity index is 1.93. The van der Waals surface area contributed by atoms with Crippen LogP contribution in [0.15, 0.2) is 30.3 Å². The van der Waals surface area contributed by atoms with Gasteiger partial charge in [0.05, 0.1) is 0 Å². The number of carbonyl (C=O) groups excluding carboxylic acids is 1. The Kier molecular flexibility index (Phi) is 4.39. The Labute approximate surface area is 112 Å². The molecule has 1 atom stereocenters. The molecule has 0 unspecified atom stereocenters. The van der Waals surface area contributed by atoms with Crippen LogP contribution in [0.4, 0.5) is 0 Å². The smallest absolute Gasteiger partial charge is 0.246 e. The van der Waals surface area contributed by atoms with Crippen LogP contribution in [0.25, 0.3) is 6.08 Å². The summed E-state index contributed by atoms with van der Waals surface area (Å²) >= 11 is 5.80. The van der Waals surface area contributed by atoms with Gasteiger partial charge in [-0.2, -0.15) is 0 Å². The van der Waals surface area contributed by atoms with E-state index in [1.807, 2.05) is 35.2 Å². The summed E-state index contributed by atoms with van der Waals surface area (Å²) in [5.74, 6) is 0.513. The van der Waals surface area contributed by atoms with Gasteiger partial charge in [0, 0.05) is 24.2 Å². The number of amides is 1. The zero-order chi connectivity index (χ0) is 13.0. The van der Waals surface area contributed by atoms with Gasteiger partial charge in [0.15, 0.2) is 0 Å². The molecule has 2 N–H and O–H groups in total. The lowest BCUT2D eigenvalue weighted by molar-refractivity contribution is -0.125. The molecule has 1 aliphatic heterocycles. The molecule has 1 fully saturated rings. The number of likely N-dealkylation sites (tertiary alicyclic amines) is 1. The van der Waals surface area contributed by atoms with E-state index in [-0.39, 0.29) is 5.91 Å². The van der Waals surface area contributed by atoms with Crippen LogP contribution in [0.3, 0.4) is 0 Å². The first kappa shape index (κ1) is 13.1. The van der Waals surface area contributed by atoms with Gasteiger partial charge >= 0.3 is 0 Å². The predicted molar refractivity (Wildman–Crippen MR) is 74.2 cm³/mol. The van der Waals surface area contributed by atoms with Crippen molar-refractivity contribution in [3.63, 3.8) is 0 Å². The third kappa shape index (κ3) is 3.34. The molecule has 0 aliphatic carbocycles. The highest BCUT2D eigenvalue weighted by atomic mass is 35.5. The van der Waals surface area contributed by atoms with Crippen LogP contribution in [0.5, 0.6) is 0 Å². The van der Waals surface area contributed by atoms with Crippen LogP contribution in [-0.4, -0.2) is 30.4 Å². The van der Waals surface area contributed by atoms with Crippen molar-refractivity contribution in [3.8, 4) is 0 Å². The molecule has 96 valence electrons. The van der Waals surface area contributed by atoms with Crippen molar-refractivity contribution in [1.82, 2.24) is 4.90 Å². The van der Waals surface area contributed by atoms with Crippen molar-refractivity contribution < 1.29 is 4.79 Å². The minimum Gasteiger partial charge on any atom is -0.339 e. The molecule has 0 aromatic heterocycles. The van der Waals surface area contributed by atoms with E-state index < -0.39 is 0 Å². The van der Waals surface area contributed by atoms with Crippen LogP contribution >= 0.6 is 11.6 Å². The zero-order valence-electron chi connectivity index (χ0n) is 10.2. The second-order valence-corrected chi connectivity index (χ2v) is 5.00. The molecule has 0 saturated carbocycles. The number of benzene rings is 1. The van der Waals surface area contributed by atoms with E-state index in [0.29, 0.717) is 17.5 Å². The third-order valence-electron chi connectivity index (χ3n) is 3.22. The van der Waals surface area contributed by atoms with Crippen LogP contribution in [0.2, 0.25) is 5.02 Å². The maximum absolute atomic E-state index is 11.9. The van der Waals surface area contributed by atoms with Gasteiger partial charge in [-0.05, 0) is 42.7 Å². The maximum atomic E-state index is 11.9. The van der Waals surface area contributed by atoms with Crippen molar-refractivity contribution in [2.24, 2.45) is 11.7 Å². The van der Waals surface area contributed by atoms with E-state index >= 15 is 0 Å². The lowest BCUT2D eigenvalue weighted by Crippen LogP contribution is -2.28. The Morgan fingerprint density at radius 1 is 1.44 bits per heavy atom. The Morgan fingerprint density at radius 2 is 2.17 bits per heavy atom. The van der Waals surface area contributed by atoms with E-state index in [2.05, 4.69) is 0 Å². The minimum atomic E-state index is 0.0564. The number of nitrogens with zero attached hydrogens (tertiary/aromatic N) is 1. The van der Waals surface area contributed by atoms with Crippen LogP contribution in [0.1, 0.15) is 12.0 Å². The van der Waals surface area contributed by atoms with Gasteiger partial charge in [0.1, 0.15) is 0 Å². The first-order valence-electron chi connectivity index (χ1n) is 6.11. The Morgan fingerprint density at radius 3 is 2.78 bits per heavy atom. The van der Waals surface area contributed by atoms with E-state index in [0.717, 1.165) is 25.1 Å². The zero-order valence-corrected chi connectivity index (χ0v) is 10.9. The van der Waals surface area contributed by atoms with Crippen molar-refractivity contribution in [3.05, 3.63) is 40.9 Å². The fourth-order valence-corrected chi connectivity index (χ4v) is 2.20. The van der Waals surface area contributed by atoms with E-state index in [9.17, 15) is 4.79 Å².